The molecule has 0 radical (unpaired) electrons. The molecule has 3 rings (SSSR count). The average molecular weight is 327 g/mol. The van der Waals surface area contributed by atoms with E-state index >= 15 is 0 Å². The number of aromatic nitrogens is 1. The Hall–Kier alpha value is -2.30. The van der Waals surface area contributed by atoms with E-state index in [-0.39, 0.29) is 12.1 Å². The Bertz CT molecular complexity index is 736. The monoisotopic (exact) mass is 327 g/mol. The highest BCUT2D eigenvalue weighted by Crippen LogP contribution is 2.34. The van der Waals surface area contributed by atoms with E-state index in [4.69, 9.17) is 4.52 Å². The lowest BCUT2D eigenvalue weighted by Crippen LogP contribution is -2.34. The number of carbonyl (C=O) groups is 1. The molecule has 0 aliphatic carbocycles. The lowest BCUT2D eigenvalue weighted by atomic mass is 10.1. The van der Waals surface area contributed by atoms with E-state index in [1.165, 1.54) is 5.56 Å². The van der Waals surface area contributed by atoms with Crippen LogP contribution in [-0.4, -0.2) is 22.6 Å². The number of aryl methyl sites for hydroxylation is 1. The van der Waals surface area contributed by atoms with E-state index in [1.807, 2.05) is 43.0 Å². The summed E-state index contributed by atoms with van der Waals surface area (Å²) >= 11 is 0. The molecule has 1 fully saturated rings. The third-order valence-corrected chi connectivity index (χ3v) is 4.83. The molecule has 1 aliphatic rings. The highest BCUT2D eigenvalue weighted by Gasteiger charge is 2.33. The van der Waals surface area contributed by atoms with Gasteiger partial charge in [-0.2, -0.15) is 0 Å². The molecule has 2 aromatic rings. The fourth-order valence-electron chi connectivity index (χ4n) is 3.11. The molecule has 5 nitrogen and oxygen atoms in total. The second kappa shape index (κ2) is 6.67. The maximum Gasteiger partial charge on any atom is 0.322 e. The number of carbonyl (C=O) groups excluding carboxylic acids is 1. The van der Waals surface area contributed by atoms with Crippen LogP contribution in [-0.2, 0) is 0 Å². The molecule has 1 saturated heterocycles. The van der Waals surface area contributed by atoms with Crippen LogP contribution in [0.1, 0.15) is 61.2 Å². The largest absolute Gasteiger partial charge is 0.359 e. The third kappa shape index (κ3) is 3.16. The van der Waals surface area contributed by atoms with Crippen molar-refractivity contribution in [2.45, 2.75) is 52.5 Å². The first kappa shape index (κ1) is 16.6. The second-order valence-electron chi connectivity index (χ2n) is 6.84. The molecular weight excluding hydrogens is 302 g/mol. The molecule has 1 atom stereocenters. The number of rotatable bonds is 3. The van der Waals surface area contributed by atoms with Crippen LogP contribution >= 0.6 is 0 Å². The first-order valence-electron chi connectivity index (χ1n) is 8.57. The lowest BCUT2D eigenvalue weighted by Gasteiger charge is -2.23. The van der Waals surface area contributed by atoms with E-state index in [9.17, 15) is 4.79 Å². The zero-order valence-corrected chi connectivity index (χ0v) is 14.8. The minimum Gasteiger partial charge on any atom is -0.359 e. The Morgan fingerprint density at radius 3 is 2.88 bits per heavy atom. The van der Waals surface area contributed by atoms with E-state index in [2.05, 4.69) is 24.3 Å². The fourth-order valence-corrected chi connectivity index (χ4v) is 3.11. The van der Waals surface area contributed by atoms with Crippen molar-refractivity contribution >= 4 is 11.7 Å². The fraction of sp³-hybridized carbons (Fsp3) is 0.474. The van der Waals surface area contributed by atoms with Crippen molar-refractivity contribution in [3.63, 3.8) is 0 Å². The normalized spacial score (nSPS) is 17.5. The van der Waals surface area contributed by atoms with E-state index < -0.39 is 0 Å². The van der Waals surface area contributed by atoms with Gasteiger partial charge < -0.3 is 14.7 Å². The summed E-state index contributed by atoms with van der Waals surface area (Å²) in [5, 5.41) is 7.18. The predicted molar refractivity (Wildman–Crippen MR) is 94.2 cm³/mol. The molecule has 24 heavy (non-hydrogen) atoms. The second-order valence-corrected chi connectivity index (χ2v) is 6.84. The summed E-state index contributed by atoms with van der Waals surface area (Å²) in [4.78, 5) is 14.6. The quantitative estimate of drug-likeness (QED) is 0.882. The zero-order valence-electron chi connectivity index (χ0n) is 14.8. The summed E-state index contributed by atoms with van der Waals surface area (Å²) in [5.74, 6) is 1.11. The number of likely N-dealkylation sites (tertiary alicyclic amines) is 1. The molecule has 0 spiro atoms. The first-order valence-corrected chi connectivity index (χ1v) is 8.57. The maximum atomic E-state index is 12.8. The van der Waals surface area contributed by atoms with Crippen molar-refractivity contribution in [1.29, 1.82) is 0 Å². The van der Waals surface area contributed by atoms with Gasteiger partial charge in [0.1, 0.15) is 0 Å². The topological polar surface area (TPSA) is 58.4 Å². The van der Waals surface area contributed by atoms with Crippen LogP contribution in [0.3, 0.4) is 0 Å². The van der Waals surface area contributed by atoms with Gasteiger partial charge in [0.05, 0.1) is 11.7 Å². The summed E-state index contributed by atoms with van der Waals surface area (Å²) in [6.45, 7) is 8.98. The van der Waals surface area contributed by atoms with Gasteiger partial charge in [-0.1, -0.05) is 31.1 Å². The van der Waals surface area contributed by atoms with Gasteiger partial charge in [0.25, 0.3) is 0 Å². The van der Waals surface area contributed by atoms with Crippen LogP contribution in [0.2, 0.25) is 0 Å². The van der Waals surface area contributed by atoms with Gasteiger partial charge in [0.2, 0.25) is 0 Å². The van der Waals surface area contributed by atoms with Crippen LogP contribution in [0.25, 0.3) is 0 Å². The number of urea groups is 1. The van der Waals surface area contributed by atoms with Crippen molar-refractivity contribution in [3.8, 4) is 0 Å². The first-order chi connectivity index (χ1) is 11.5. The van der Waals surface area contributed by atoms with Crippen molar-refractivity contribution in [2.24, 2.45) is 0 Å². The molecule has 2 amide bonds. The molecule has 128 valence electrons. The van der Waals surface area contributed by atoms with E-state index in [0.29, 0.717) is 5.92 Å². The molecule has 1 aromatic heterocycles. The molecule has 0 unspecified atom stereocenters. The summed E-state index contributed by atoms with van der Waals surface area (Å²) in [6, 6.07) is 7.83. The van der Waals surface area contributed by atoms with Gasteiger partial charge >= 0.3 is 6.03 Å². The van der Waals surface area contributed by atoms with Gasteiger partial charge in [0, 0.05) is 18.3 Å². The average Bonchev–Trinajstić information content (AvgIpc) is 3.19. The number of amides is 2. The van der Waals surface area contributed by atoms with Crippen molar-refractivity contribution in [1.82, 2.24) is 10.1 Å². The predicted octanol–water partition coefficient (Wildman–Crippen LogP) is 4.78. The molecule has 0 saturated carbocycles. The van der Waals surface area contributed by atoms with Gasteiger partial charge in [-0.25, -0.2) is 4.79 Å². The Balaban J connectivity index is 1.77. The SMILES string of the molecule is Cc1cccc(NC(=O)N2CCC[C@H]2c2cc(C(C)C)no2)c1C. The Morgan fingerprint density at radius 2 is 2.17 bits per heavy atom. The maximum absolute atomic E-state index is 12.8. The molecule has 2 heterocycles. The van der Waals surface area contributed by atoms with E-state index in [1.54, 1.807) is 0 Å². The lowest BCUT2D eigenvalue weighted by molar-refractivity contribution is 0.195. The van der Waals surface area contributed by atoms with Crippen molar-refractivity contribution < 1.29 is 9.32 Å². The standard InChI is InChI=1S/C19H25N3O2/c1-12(2)16-11-18(24-21-16)17-9-6-10-22(17)19(23)20-15-8-5-7-13(3)14(15)4/h5,7-8,11-12,17H,6,9-10H2,1-4H3,(H,20,23)/t17-/m0/s1. The van der Waals surface area contributed by atoms with Crippen LogP contribution in [0.15, 0.2) is 28.8 Å². The summed E-state index contributed by atoms with van der Waals surface area (Å²) in [6.07, 6.45) is 1.88. The molecule has 0 bridgehead atoms. The van der Waals surface area contributed by atoms with Crippen LogP contribution in [0.5, 0.6) is 0 Å². The molecule has 5 heteroatoms. The number of benzene rings is 1. The van der Waals surface area contributed by atoms with Gasteiger partial charge in [0.15, 0.2) is 5.76 Å². The Labute approximate surface area is 143 Å². The highest BCUT2D eigenvalue weighted by molar-refractivity contribution is 5.90. The molecule has 1 aliphatic heterocycles. The smallest absolute Gasteiger partial charge is 0.322 e. The van der Waals surface area contributed by atoms with Crippen molar-refractivity contribution in [2.75, 3.05) is 11.9 Å². The number of anilines is 1. The summed E-state index contributed by atoms with van der Waals surface area (Å²) in [5.41, 5.74) is 4.07. The van der Waals surface area contributed by atoms with Crippen molar-refractivity contribution in [3.05, 3.63) is 46.8 Å². The molecule has 1 aromatic carbocycles. The number of nitrogens with zero attached hydrogens (tertiary/aromatic N) is 2. The van der Waals surface area contributed by atoms with Crippen LogP contribution < -0.4 is 5.32 Å². The minimum absolute atomic E-state index is 0.0323. The number of nitrogens with one attached hydrogen (secondary N) is 1. The molecular formula is C19H25N3O2. The Morgan fingerprint density at radius 1 is 1.38 bits per heavy atom. The highest BCUT2D eigenvalue weighted by atomic mass is 16.5. The van der Waals surface area contributed by atoms with E-state index in [0.717, 1.165) is 42.1 Å². The number of hydrogen-bond acceptors (Lipinski definition) is 3. The number of hydrogen-bond donors (Lipinski definition) is 1. The zero-order chi connectivity index (χ0) is 17.3. The third-order valence-electron chi connectivity index (χ3n) is 4.83. The van der Waals surface area contributed by atoms with Gasteiger partial charge in [-0.05, 0) is 49.8 Å². The molecule has 1 N–H and O–H groups in total. The summed E-state index contributed by atoms with van der Waals surface area (Å²) in [7, 11) is 0. The minimum atomic E-state index is -0.0753. The van der Waals surface area contributed by atoms with Gasteiger partial charge in [-0.15, -0.1) is 0 Å². The van der Waals surface area contributed by atoms with Crippen LogP contribution in [0.4, 0.5) is 10.5 Å². The summed E-state index contributed by atoms with van der Waals surface area (Å²) < 4.78 is 5.51. The van der Waals surface area contributed by atoms with Crippen LogP contribution in [0, 0.1) is 13.8 Å². The Kier molecular flexibility index (Phi) is 4.60. The van der Waals surface area contributed by atoms with Gasteiger partial charge in [-0.3, -0.25) is 0 Å².